The van der Waals surface area contributed by atoms with Gasteiger partial charge in [-0.3, -0.25) is 9.59 Å². The zero-order chi connectivity index (χ0) is 19.5. The molecule has 0 aliphatic carbocycles. The smallest absolute Gasteiger partial charge is 0.249 e. The monoisotopic (exact) mass is 382 g/mol. The van der Waals surface area contributed by atoms with Crippen LogP contribution in [0.2, 0.25) is 0 Å². The molecule has 1 aliphatic rings. The van der Waals surface area contributed by atoms with Crippen LogP contribution in [-0.4, -0.2) is 53.7 Å². The van der Waals surface area contributed by atoms with Crippen LogP contribution in [0.4, 0.5) is 0 Å². The Balaban J connectivity index is 2.34. The fraction of sp³-hybridized carbons (Fsp3) is 0.684. The number of likely N-dealkylation sites (tertiary alicyclic amines) is 1. The zero-order valence-electron chi connectivity index (χ0n) is 16.2. The molecule has 26 heavy (non-hydrogen) atoms. The van der Waals surface area contributed by atoms with Gasteiger partial charge in [0.1, 0.15) is 6.61 Å². The predicted molar refractivity (Wildman–Crippen MR) is 102 cm³/mol. The number of aliphatic hydroxyl groups is 1. The number of carbonyl (C=O) groups is 2. The van der Waals surface area contributed by atoms with Gasteiger partial charge >= 0.3 is 0 Å². The quantitative estimate of drug-likeness (QED) is 0.819. The SMILES string of the molecule is COCC(=O)N1CC[C@@](C)(O)[C@@H](NC(=O)CC(C)(C)C)[C@@H]1c1cccs1. The Kier molecular flexibility index (Phi) is 6.47. The van der Waals surface area contributed by atoms with Crippen LogP contribution in [0.15, 0.2) is 17.5 Å². The molecule has 0 aromatic carbocycles. The second kappa shape index (κ2) is 8.06. The Morgan fingerprint density at radius 1 is 1.46 bits per heavy atom. The average molecular weight is 383 g/mol. The molecule has 2 amide bonds. The fourth-order valence-electron chi connectivity index (χ4n) is 3.37. The minimum Gasteiger partial charge on any atom is -0.388 e. The van der Waals surface area contributed by atoms with E-state index in [-0.39, 0.29) is 23.8 Å². The lowest BCUT2D eigenvalue weighted by molar-refractivity contribution is -0.149. The van der Waals surface area contributed by atoms with Crippen molar-refractivity contribution in [2.45, 2.75) is 58.2 Å². The summed E-state index contributed by atoms with van der Waals surface area (Å²) >= 11 is 1.52. The van der Waals surface area contributed by atoms with Crippen molar-refractivity contribution >= 4 is 23.2 Å². The zero-order valence-corrected chi connectivity index (χ0v) is 17.1. The van der Waals surface area contributed by atoms with Gasteiger partial charge in [-0.2, -0.15) is 0 Å². The van der Waals surface area contributed by atoms with E-state index in [4.69, 9.17) is 4.74 Å². The number of ether oxygens (including phenoxy) is 1. The van der Waals surface area contributed by atoms with Crippen LogP contribution in [0, 0.1) is 5.41 Å². The second-order valence-corrected chi connectivity index (χ2v) is 9.35. The van der Waals surface area contributed by atoms with Crippen molar-refractivity contribution in [1.29, 1.82) is 0 Å². The highest BCUT2D eigenvalue weighted by molar-refractivity contribution is 7.10. The van der Waals surface area contributed by atoms with Crippen molar-refractivity contribution in [1.82, 2.24) is 10.2 Å². The Hall–Kier alpha value is -1.44. The summed E-state index contributed by atoms with van der Waals surface area (Å²) in [5.74, 6) is -0.262. The number of carbonyl (C=O) groups excluding carboxylic acids is 2. The van der Waals surface area contributed by atoms with Gasteiger partial charge in [-0.05, 0) is 30.2 Å². The minimum absolute atomic E-state index is 0.0212. The van der Waals surface area contributed by atoms with Gasteiger partial charge in [-0.25, -0.2) is 0 Å². The molecule has 1 fully saturated rings. The third-order valence-corrected chi connectivity index (χ3v) is 5.55. The minimum atomic E-state index is -1.11. The van der Waals surface area contributed by atoms with Crippen molar-refractivity contribution in [2.75, 3.05) is 20.3 Å². The van der Waals surface area contributed by atoms with Crippen LogP contribution in [-0.2, 0) is 14.3 Å². The molecule has 6 nitrogen and oxygen atoms in total. The first-order valence-corrected chi connectivity index (χ1v) is 9.77. The molecule has 2 rings (SSSR count). The number of rotatable bonds is 5. The highest BCUT2D eigenvalue weighted by Crippen LogP contribution is 2.39. The first kappa shape index (κ1) is 20.9. The van der Waals surface area contributed by atoms with Crippen molar-refractivity contribution in [3.63, 3.8) is 0 Å². The van der Waals surface area contributed by atoms with Crippen molar-refractivity contribution in [3.05, 3.63) is 22.4 Å². The topological polar surface area (TPSA) is 78.9 Å². The number of hydrogen-bond donors (Lipinski definition) is 2. The standard InChI is InChI=1S/C19H30N2O4S/c1-18(2,3)11-14(22)20-17-16(13-7-6-10-26-13)21(15(23)12-25-5)9-8-19(17,4)24/h6-7,10,16-17,24H,8-9,11-12H2,1-5H3,(H,20,22)/t16-,17-,19+/m0/s1. The summed E-state index contributed by atoms with van der Waals surface area (Å²) < 4.78 is 5.02. The third kappa shape index (κ3) is 5.05. The summed E-state index contributed by atoms with van der Waals surface area (Å²) in [6, 6.07) is 2.86. The van der Waals surface area contributed by atoms with E-state index in [1.165, 1.54) is 18.4 Å². The average Bonchev–Trinajstić information content (AvgIpc) is 3.01. The van der Waals surface area contributed by atoms with E-state index in [1.54, 1.807) is 11.8 Å². The van der Waals surface area contributed by atoms with Crippen LogP contribution >= 0.6 is 11.3 Å². The first-order chi connectivity index (χ1) is 12.0. The van der Waals surface area contributed by atoms with E-state index in [2.05, 4.69) is 5.32 Å². The number of nitrogens with one attached hydrogen (secondary N) is 1. The van der Waals surface area contributed by atoms with E-state index < -0.39 is 17.7 Å². The number of methoxy groups -OCH3 is 1. The molecule has 0 radical (unpaired) electrons. The molecule has 0 saturated carbocycles. The first-order valence-electron chi connectivity index (χ1n) is 8.89. The molecule has 0 unspecified atom stereocenters. The Morgan fingerprint density at radius 2 is 2.15 bits per heavy atom. The van der Waals surface area contributed by atoms with Crippen molar-refractivity contribution in [2.24, 2.45) is 5.41 Å². The van der Waals surface area contributed by atoms with Gasteiger partial charge in [0.05, 0.1) is 17.7 Å². The molecule has 1 aromatic rings. The van der Waals surface area contributed by atoms with Crippen molar-refractivity contribution < 1.29 is 19.4 Å². The summed E-state index contributed by atoms with van der Waals surface area (Å²) in [6.45, 7) is 8.12. The Labute approximate surface area is 159 Å². The highest BCUT2D eigenvalue weighted by Gasteiger charge is 2.48. The molecule has 146 valence electrons. The van der Waals surface area contributed by atoms with Crippen LogP contribution in [0.3, 0.4) is 0 Å². The molecule has 1 aliphatic heterocycles. The number of amides is 2. The van der Waals surface area contributed by atoms with E-state index in [1.807, 2.05) is 38.3 Å². The molecule has 1 saturated heterocycles. The van der Waals surface area contributed by atoms with E-state index in [0.29, 0.717) is 19.4 Å². The normalized spacial score (nSPS) is 26.6. The Morgan fingerprint density at radius 3 is 2.69 bits per heavy atom. The highest BCUT2D eigenvalue weighted by atomic mass is 32.1. The summed E-state index contributed by atoms with van der Waals surface area (Å²) in [5, 5.41) is 16.0. The summed E-state index contributed by atoms with van der Waals surface area (Å²) in [6.07, 6.45) is 0.744. The maximum Gasteiger partial charge on any atom is 0.249 e. The number of nitrogens with zero attached hydrogens (tertiary/aromatic N) is 1. The molecule has 7 heteroatoms. The van der Waals surface area contributed by atoms with E-state index in [9.17, 15) is 14.7 Å². The number of hydrogen-bond acceptors (Lipinski definition) is 5. The van der Waals surface area contributed by atoms with Gasteiger partial charge in [0, 0.05) is 25.0 Å². The molecule has 3 atom stereocenters. The molecule has 0 bridgehead atoms. The molecule has 2 heterocycles. The lowest BCUT2D eigenvalue weighted by Gasteiger charge is -2.48. The molecular weight excluding hydrogens is 352 g/mol. The molecule has 2 N–H and O–H groups in total. The van der Waals surface area contributed by atoms with Gasteiger partial charge in [0.15, 0.2) is 0 Å². The van der Waals surface area contributed by atoms with Gasteiger partial charge in [0.25, 0.3) is 0 Å². The maximum atomic E-state index is 12.6. The van der Waals surface area contributed by atoms with Crippen molar-refractivity contribution in [3.8, 4) is 0 Å². The largest absolute Gasteiger partial charge is 0.388 e. The van der Waals surface area contributed by atoms with Gasteiger partial charge < -0.3 is 20.1 Å². The lowest BCUT2D eigenvalue weighted by atomic mass is 9.81. The summed E-state index contributed by atoms with van der Waals surface area (Å²) in [4.78, 5) is 27.8. The van der Waals surface area contributed by atoms with E-state index >= 15 is 0 Å². The van der Waals surface area contributed by atoms with E-state index in [0.717, 1.165) is 4.88 Å². The summed E-state index contributed by atoms with van der Waals surface area (Å²) in [7, 11) is 1.49. The molecular formula is C19H30N2O4S. The van der Waals surface area contributed by atoms with Crippen LogP contribution in [0.1, 0.15) is 51.5 Å². The summed E-state index contributed by atoms with van der Waals surface area (Å²) in [5.41, 5.74) is -1.26. The fourth-order valence-corrected chi connectivity index (χ4v) is 4.24. The number of piperidine rings is 1. The third-order valence-electron chi connectivity index (χ3n) is 4.61. The van der Waals surface area contributed by atoms with Crippen LogP contribution in [0.5, 0.6) is 0 Å². The van der Waals surface area contributed by atoms with Gasteiger partial charge in [0.2, 0.25) is 11.8 Å². The predicted octanol–water partition coefficient (Wildman–Crippen LogP) is 2.34. The van der Waals surface area contributed by atoms with Crippen LogP contribution < -0.4 is 5.32 Å². The molecule has 0 spiro atoms. The number of thiophene rings is 1. The lowest BCUT2D eigenvalue weighted by Crippen LogP contribution is -2.63. The van der Waals surface area contributed by atoms with Gasteiger partial charge in [-0.15, -0.1) is 11.3 Å². The van der Waals surface area contributed by atoms with Crippen LogP contribution in [0.25, 0.3) is 0 Å². The Bertz CT molecular complexity index is 622. The molecule has 1 aromatic heterocycles. The van der Waals surface area contributed by atoms with Gasteiger partial charge in [-0.1, -0.05) is 26.8 Å². The second-order valence-electron chi connectivity index (χ2n) is 8.37. The maximum absolute atomic E-state index is 12.6.